The summed E-state index contributed by atoms with van der Waals surface area (Å²) in [6, 6.07) is 8.67. The average molecular weight is 312 g/mol. The third-order valence-corrected chi connectivity index (χ3v) is 4.15. The molecule has 98 valence electrons. The molecule has 2 rings (SSSR count). The Hall–Kier alpha value is -0.870. The first kappa shape index (κ1) is 13.6. The molecule has 0 aromatic heterocycles. The van der Waals surface area contributed by atoms with Crippen LogP contribution in [0.1, 0.15) is 31.4 Å². The molecule has 1 heterocycles. The van der Waals surface area contributed by atoms with Crippen molar-refractivity contribution in [2.45, 2.75) is 25.8 Å². The van der Waals surface area contributed by atoms with Gasteiger partial charge in [0.2, 0.25) is 0 Å². The number of aliphatic carboxylic acids is 1. The molecule has 1 aliphatic heterocycles. The molecule has 1 aromatic rings. The van der Waals surface area contributed by atoms with Gasteiger partial charge in [0.25, 0.3) is 0 Å². The Kier molecular flexibility index (Phi) is 4.40. The van der Waals surface area contributed by atoms with Crippen molar-refractivity contribution in [2.75, 3.05) is 13.1 Å². The van der Waals surface area contributed by atoms with E-state index in [1.54, 1.807) is 0 Å². The normalized spacial score (nSPS) is 22.0. The van der Waals surface area contributed by atoms with Gasteiger partial charge in [0.15, 0.2) is 0 Å². The molecule has 1 saturated heterocycles. The zero-order valence-corrected chi connectivity index (χ0v) is 12.1. The van der Waals surface area contributed by atoms with Gasteiger partial charge in [-0.25, -0.2) is 0 Å². The molecule has 0 radical (unpaired) electrons. The molecule has 0 saturated carbocycles. The third-order valence-electron chi connectivity index (χ3n) is 3.66. The first-order valence-electron chi connectivity index (χ1n) is 6.27. The Bertz CT molecular complexity index is 436. The Morgan fingerprint density at radius 1 is 1.61 bits per heavy atom. The lowest BCUT2D eigenvalue weighted by atomic mass is 10.1. The lowest BCUT2D eigenvalue weighted by Crippen LogP contribution is -2.25. The molecule has 4 heteroatoms. The highest BCUT2D eigenvalue weighted by molar-refractivity contribution is 9.10. The van der Waals surface area contributed by atoms with Gasteiger partial charge < -0.3 is 5.11 Å². The van der Waals surface area contributed by atoms with Crippen LogP contribution >= 0.6 is 15.9 Å². The van der Waals surface area contributed by atoms with Crippen LogP contribution < -0.4 is 0 Å². The second kappa shape index (κ2) is 5.85. The molecule has 3 nitrogen and oxygen atoms in total. The molecule has 1 aliphatic rings. The van der Waals surface area contributed by atoms with Crippen molar-refractivity contribution >= 4 is 21.9 Å². The van der Waals surface area contributed by atoms with Crippen LogP contribution in [0, 0.1) is 5.92 Å². The number of carbonyl (C=O) groups is 1. The highest BCUT2D eigenvalue weighted by atomic mass is 79.9. The van der Waals surface area contributed by atoms with Crippen LogP contribution in [0.3, 0.4) is 0 Å². The Labute approximate surface area is 116 Å². The van der Waals surface area contributed by atoms with Gasteiger partial charge in [-0.15, -0.1) is 0 Å². The number of carboxylic acids is 1. The van der Waals surface area contributed by atoms with Gasteiger partial charge in [-0.2, -0.15) is 0 Å². The zero-order chi connectivity index (χ0) is 13.1. The standard InChI is InChI=1S/C14H18BrNO2/c1-10(12-3-2-4-13(15)8-12)16-6-5-11(9-16)7-14(17)18/h2-4,8,10-11H,5-7,9H2,1H3,(H,17,18). The van der Waals surface area contributed by atoms with Crippen LogP contribution in [0.2, 0.25) is 0 Å². The summed E-state index contributed by atoms with van der Waals surface area (Å²) in [5.74, 6) is -0.380. The summed E-state index contributed by atoms with van der Waals surface area (Å²) in [6.07, 6.45) is 1.28. The quantitative estimate of drug-likeness (QED) is 0.927. The molecule has 2 atom stereocenters. The zero-order valence-electron chi connectivity index (χ0n) is 10.5. The number of benzene rings is 1. The molecule has 2 unspecified atom stereocenters. The van der Waals surface area contributed by atoms with E-state index in [0.29, 0.717) is 18.4 Å². The number of halogens is 1. The summed E-state index contributed by atoms with van der Waals surface area (Å²) in [6.45, 7) is 4.07. The van der Waals surface area contributed by atoms with Gasteiger partial charge in [-0.1, -0.05) is 28.1 Å². The molecule has 0 aliphatic carbocycles. The Balaban J connectivity index is 1.99. The topological polar surface area (TPSA) is 40.5 Å². The predicted octanol–water partition coefficient (Wildman–Crippen LogP) is 3.31. The summed E-state index contributed by atoms with van der Waals surface area (Å²) in [7, 11) is 0. The fourth-order valence-corrected chi connectivity index (χ4v) is 3.02. The maximum atomic E-state index is 10.7. The van der Waals surface area contributed by atoms with Crippen LogP contribution in [0.5, 0.6) is 0 Å². The van der Waals surface area contributed by atoms with Gasteiger partial charge in [0, 0.05) is 23.5 Å². The van der Waals surface area contributed by atoms with E-state index < -0.39 is 5.97 Å². The minimum atomic E-state index is -0.683. The van der Waals surface area contributed by atoms with Crippen LogP contribution in [0.4, 0.5) is 0 Å². The second-order valence-electron chi connectivity index (χ2n) is 4.98. The fraction of sp³-hybridized carbons (Fsp3) is 0.500. The van der Waals surface area contributed by atoms with Crippen molar-refractivity contribution in [1.82, 2.24) is 4.90 Å². The van der Waals surface area contributed by atoms with Gasteiger partial charge in [-0.3, -0.25) is 9.69 Å². The third kappa shape index (κ3) is 3.33. The highest BCUT2D eigenvalue weighted by Gasteiger charge is 2.28. The first-order chi connectivity index (χ1) is 8.56. The van der Waals surface area contributed by atoms with Crippen molar-refractivity contribution < 1.29 is 9.90 Å². The van der Waals surface area contributed by atoms with Gasteiger partial charge >= 0.3 is 5.97 Å². The fourth-order valence-electron chi connectivity index (χ4n) is 2.61. The van der Waals surface area contributed by atoms with E-state index in [2.05, 4.69) is 39.9 Å². The van der Waals surface area contributed by atoms with E-state index in [-0.39, 0.29) is 0 Å². The molecule has 1 aromatic carbocycles. The summed E-state index contributed by atoms with van der Waals surface area (Å²) >= 11 is 3.49. The van der Waals surface area contributed by atoms with E-state index in [1.165, 1.54) is 5.56 Å². The minimum Gasteiger partial charge on any atom is -0.481 e. The maximum absolute atomic E-state index is 10.7. The molecule has 0 spiro atoms. The monoisotopic (exact) mass is 311 g/mol. The molecular formula is C14H18BrNO2. The summed E-state index contributed by atoms with van der Waals surface area (Å²) < 4.78 is 1.09. The molecule has 0 bridgehead atoms. The minimum absolute atomic E-state index is 0.293. The van der Waals surface area contributed by atoms with Crippen molar-refractivity contribution in [3.8, 4) is 0 Å². The molecule has 18 heavy (non-hydrogen) atoms. The van der Waals surface area contributed by atoms with Crippen LogP contribution in [-0.2, 0) is 4.79 Å². The predicted molar refractivity (Wildman–Crippen MR) is 74.5 cm³/mol. The van der Waals surface area contributed by atoms with Gasteiger partial charge in [0.1, 0.15) is 0 Å². The van der Waals surface area contributed by atoms with Crippen LogP contribution in [0.15, 0.2) is 28.7 Å². The van der Waals surface area contributed by atoms with E-state index in [0.717, 1.165) is 24.0 Å². The maximum Gasteiger partial charge on any atom is 0.303 e. The van der Waals surface area contributed by atoms with E-state index in [4.69, 9.17) is 5.11 Å². The summed E-state index contributed by atoms with van der Waals surface area (Å²) in [4.78, 5) is 13.1. The van der Waals surface area contributed by atoms with E-state index in [1.807, 2.05) is 12.1 Å². The second-order valence-corrected chi connectivity index (χ2v) is 5.89. The van der Waals surface area contributed by atoms with E-state index in [9.17, 15) is 4.79 Å². The number of likely N-dealkylation sites (tertiary alicyclic amines) is 1. The highest BCUT2D eigenvalue weighted by Crippen LogP contribution is 2.29. The van der Waals surface area contributed by atoms with Gasteiger partial charge in [-0.05, 0) is 43.5 Å². The largest absolute Gasteiger partial charge is 0.481 e. The number of carboxylic acid groups (broad SMARTS) is 1. The SMILES string of the molecule is CC(c1cccc(Br)c1)N1CCC(CC(=O)O)C1. The summed E-state index contributed by atoms with van der Waals surface area (Å²) in [5, 5.41) is 8.83. The lowest BCUT2D eigenvalue weighted by molar-refractivity contribution is -0.138. The van der Waals surface area contributed by atoms with Crippen LogP contribution in [-0.4, -0.2) is 29.1 Å². The molecule has 1 N–H and O–H groups in total. The number of rotatable bonds is 4. The molecular weight excluding hydrogens is 294 g/mol. The number of hydrogen-bond donors (Lipinski definition) is 1. The number of nitrogens with zero attached hydrogens (tertiary/aromatic N) is 1. The first-order valence-corrected chi connectivity index (χ1v) is 7.07. The Morgan fingerprint density at radius 3 is 3.06 bits per heavy atom. The van der Waals surface area contributed by atoms with Crippen molar-refractivity contribution in [2.24, 2.45) is 5.92 Å². The van der Waals surface area contributed by atoms with Crippen molar-refractivity contribution in [1.29, 1.82) is 0 Å². The summed E-state index contributed by atoms with van der Waals surface area (Å²) in [5.41, 5.74) is 1.28. The lowest BCUT2D eigenvalue weighted by Gasteiger charge is -2.24. The van der Waals surface area contributed by atoms with Gasteiger partial charge in [0.05, 0.1) is 0 Å². The van der Waals surface area contributed by atoms with Crippen molar-refractivity contribution in [3.05, 3.63) is 34.3 Å². The van der Waals surface area contributed by atoms with E-state index >= 15 is 0 Å². The van der Waals surface area contributed by atoms with Crippen molar-refractivity contribution in [3.63, 3.8) is 0 Å². The number of hydrogen-bond acceptors (Lipinski definition) is 2. The Morgan fingerprint density at radius 2 is 2.39 bits per heavy atom. The van der Waals surface area contributed by atoms with Crippen LogP contribution in [0.25, 0.3) is 0 Å². The molecule has 1 fully saturated rings. The average Bonchev–Trinajstić information content (AvgIpc) is 2.75. The molecule has 0 amide bonds. The smallest absolute Gasteiger partial charge is 0.303 e.